The van der Waals surface area contributed by atoms with Crippen molar-refractivity contribution < 1.29 is 9.59 Å². The summed E-state index contributed by atoms with van der Waals surface area (Å²) in [6, 6.07) is 0. The van der Waals surface area contributed by atoms with Crippen molar-refractivity contribution in [3.8, 4) is 0 Å². The van der Waals surface area contributed by atoms with Gasteiger partial charge in [0.1, 0.15) is 6.29 Å². The second-order valence-corrected chi connectivity index (χ2v) is 8.44. The molecule has 0 aromatic carbocycles. The Bertz CT molecular complexity index is 563. The van der Waals surface area contributed by atoms with Gasteiger partial charge in [0.15, 0.2) is 5.78 Å². The molecule has 0 amide bonds. The van der Waals surface area contributed by atoms with Crippen LogP contribution in [0.1, 0.15) is 78.6 Å². The Hall–Kier alpha value is -1.44. The van der Waals surface area contributed by atoms with Crippen LogP contribution in [-0.2, 0) is 9.59 Å². The van der Waals surface area contributed by atoms with Crippen LogP contribution in [0.4, 0.5) is 0 Å². The van der Waals surface area contributed by atoms with Crippen molar-refractivity contribution in [3.63, 3.8) is 0 Å². The number of carbonyl (C=O) groups excluding carboxylic acids is 2. The molecule has 2 rings (SSSR count). The Morgan fingerprint density at radius 2 is 2.08 bits per heavy atom. The van der Waals surface area contributed by atoms with Gasteiger partial charge in [-0.3, -0.25) is 4.79 Å². The lowest BCUT2D eigenvalue weighted by Crippen LogP contribution is -2.16. The Morgan fingerprint density at radius 3 is 2.76 bits per heavy atom. The molecule has 0 fully saturated rings. The smallest absolute Gasteiger partial charge is 0.155 e. The van der Waals surface area contributed by atoms with Gasteiger partial charge in [-0.15, -0.1) is 0 Å². The molecule has 2 unspecified atom stereocenters. The molecule has 0 aliphatic heterocycles. The van der Waals surface area contributed by atoms with Crippen molar-refractivity contribution in [3.05, 3.63) is 34.9 Å². The molecule has 2 aliphatic carbocycles. The molecule has 0 saturated carbocycles. The number of aldehydes is 1. The summed E-state index contributed by atoms with van der Waals surface area (Å²) in [6.07, 6.45) is 16.7. The zero-order valence-electron chi connectivity index (χ0n) is 16.2. The summed E-state index contributed by atoms with van der Waals surface area (Å²) in [5, 5.41) is 0. The molecule has 0 radical (unpaired) electrons. The van der Waals surface area contributed by atoms with E-state index in [0.29, 0.717) is 18.3 Å². The summed E-state index contributed by atoms with van der Waals surface area (Å²) in [7, 11) is 0. The van der Waals surface area contributed by atoms with Crippen LogP contribution in [0.25, 0.3) is 0 Å². The molecular weight excluding hydrogens is 308 g/mol. The standard InChI is InChI=1S/C23H34O2/c1-17(2)7-9-20-12-21(14-22(13-20)16-24)11-18(3)8-10-19-5-4-6-23(25)15-19/h8,13,15-17,21-22H,4-7,9-12,14H2,1-3H3/b18-8+. The van der Waals surface area contributed by atoms with E-state index in [0.717, 1.165) is 51.2 Å². The first-order valence-electron chi connectivity index (χ1n) is 9.99. The second kappa shape index (κ2) is 9.89. The van der Waals surface area contributed by atoms with E-state index in [1.54, 1.807) is 0 Å². The molecular formula is C23H34O2. The maximum atomic E-state index is 11.5. The maximum absolute atomic E-state index is 11.5. The highest BCUT2D eigenvalue weighted by Gasteiger charge is 2.22. The molecule has 2 nitrogen and oxygen atoms in total. The van der Waals surface area contributed by atoms with Gasteiger partial charge in [-0.2, -0.15) is 0 Å². The van der Waals surface area contributed by atoms with Gasteiger partial charge in [-0.05, 0) is 76.2 Å². The van der Waals surface area contributed by atoms with Gasteiger partial charge >= 0.3 is 0 Å². The third kappa shape index (κ3) is 7.13. The highest BCUT2D eigenvalue weighted by molar-refractivity contribution is 5.91. The largest absolute Gasteiger partial charge is 0.303 e. The third-order valence-electron chi connectivity index (χ3n) is 5.43. The van der Waals surface area contributed by atoms with E-state index in [1.807, 2.05) is 6.08 Å². The molecule has 2 atom stereocenters. The number of hydrogen-bond donors (Lipinski definition) is 0. The molecule has 0 spiro atoms. The van der Waals surface area contributed by atoms with Gasteiger partial charge in [0.05, 0.1) is 0 Å². The SMILES string of the molecule is C/C(=C\CC1=CC(=O)CCC1)CC1CC(CCC(C)C)=CC(C=O)C1. The lowest BCUT2D eigenvalue weighted by molar-refractivity contribution is -0.115. The third-order valence-corrected chi connectivity index (χ3v) is 5.43. The van der Waals surface area contributed by atoms with Crippen molar-refractivity contribution in [2.75, 3.05) is 0 Å². The number of carbonyl (C=O) groups is 2. The first-order chi connectivity index (χ1) is 12.0. The number of rotatable bonds is 8. The molecule has 25 heavy (non-hydrogen) atoms. The normalized spacial score (nSPS) is 25.0. The van der Waals surface area contributed by atoms with Gasteiger partial charge in [0.2, 0.25) is 0 Å². The summed E-state index contributed by atoms with van der Waals surface area (Å²) in [4.78, 5) is 22.9. The Kier molecular flexibility index (Phi) is 7.87. The number of hydrogen-bond acceptors (Lipinski definition) is 2. The van der Waals surface area contributed by atoms with Crippen LogP contribution < -0.4 is 0 Å². The van der Waals surface area contributed by atoms with Crippen molar-refractivity contribution in [1.29, 1.82) is 0 Å². The summed E-state index contributed by atoms with van der Waals surface area (Å²) in [6.45, 7) is 6.72. The van der Waals surface area contributed by atoms with E-state index < -0.39 is 0 Å². The average molecular weight is 343 g/mol. The molecule has 0 N–H and O–H groups in total. The van der Waals surface area contributed by atoms with Crippen molar-refractivity contribution >= 4 is 12.1 Å². The molecule has 2 aliphatic rings. The van der Waals surface area contributed by atoms with Crippen molar-refractivity contribution in [1.82, 2.24) is 0 Å². The fraction of sp³-hybridized carbons (Fsp3) is 0.652. The van der Waals surface area contributed by atoms with Gasteiger partial charge in [-0.25, -0.2) is 0 Å². The zero-order chi connectivity index (χ0) is 18.2. The van der Waals surface area contributed by atoms with Crippen molar-refractivity contribution in [2.45, 2.75) is 78.6 Å². The molecule has 0 saturated heterocycles. The van der Waals surface area contributed by atoms with Crippen LogP contribution in [0.15, 0.2) is 34.9 Å². The van der Waals surface area contributed by atoms with Crippen LogP contribution in [0.5, 0.6) is 0 Å². The second-order valence-electron chi connectivity index (χ2n) is 8.44. The van der Waals surface area contributed by atoms with E-state index >= 15 is 0 Å². The Labute approximate surface area is 153 Å². The Morgan fingerprint density at radius 1 is 1.28 bits per heavy atom. The first kappa shape index (κ1) is 19.9. The minimum atomic E-state index is 0.104. The van der Waals surface area contributed by atoms with Gasteiger partial charge in [-0.1, -0.05) is 42.7 Å². The lowest BCUT2D eigenvalue weighted by atomic mass is 9.78. The van der Waals surface area contributed by atoms with Crippen LogP contribution in [0, 0.1) is 17.8 Å². The van der Waals surface area contributed by atoms with Crippen LogP contribution in [0.2, 0.25) is 0 Å². The maximum Gasteiger partial charge on any atom is 0.155 e. The van der Waals surface area contributed by atoms with E-state index in [2.05, 4.69) is 32.9 Å². The fourth-order valence-electron chi connectivity index (χ4n) is 4.05. The zero-order valence-corrected chi connectivity index (χ0v) is 16.2. The minimum Gasteiger partial charge on any atom is -0.303 e. The predicted octanol–water partition coefficient (Wildman–Crippen LogP) is 5.98. The molecule has 0 bridgehead atoms. The summed E-state index contributed by atoms with van der Waals surface area (Å²) in [5.74, 6) is 1.69. The van der Waals surface area contributed by atoms with Gasteiger partial charge < -0.3 is 4.79 Å². The van der Waals surface area contributed by atoms with E-state index in [4.69, 9.17) is 0 Å². The average Bonchev–Trinajstić information content (AvgIpc) is 2.58. The fourth-order valence-corrected chi connectivity index (χ4v) is 4.05. The molecule has 0 aromatic rings. The quantitative estimate of drug-likeness (QED) is 0.401. The highest BCUT2D eigenvalue weighted by atomic mass is 16.1. The summed E-state index contributed by atoms with van der Waals surface area (Å²) in [5.41, 5.74) is 4.16. The molecule has 0 aromatic heterocycles. The van der Waals surface area contributed by atoms with E-state index in [9.17, 15) is 9.59 Å². The topological polar surface area (TPSA) is 34.1 Å². The van der Waals surface area contributed by atoms with Gasteiger partial charge in [0.25, 0.3) is 0 Å². The molecule has 0 heterocycles. The monoisotopic (exact) mass is 342 g/mol. The van der Waals surface area contributed by atoms with E-state index in [1.165, 1.54) is 23.1 Å². The summed E-state index contributed by atoms with van der Waals surface area (Å²) < 4.78 is 0. The summed E-state index contributed by atoms with van der Waals surface area (Å²) >= 11 is 0. The lowest BCUT2D eigenvalue weighted by Gasteiger charge is -2.27. The number of ketones is 1. The predicted molar refractivity (Wildman–Crippen MR) is 104 cm³/mol. The van der Waals surface area contributed by atoms with Crippen LogP contribution in [0.3, 0.4) is 0 Å². The van der Waals surface area contributed by atoms with E-state index in [-0.39, 0.29) is 11.7 Å². The highest BCUT2D eigenvalue weighted by Crippen LogP contribution is 2.34. The minimum absolute atomic E-state index is 0.104. The number of allylic oxidation sites excluding steroid dienone is 6. The van der Waals surface area contributed by atoms with Gasteiger partial charge in [0, 0.05) is 12.3 Å². The Balaban J connectivity index is 1.89. The van der Waals surface area contributed by atoms with Crippen LogP contribution >= 0.6 is 0 Å². The van der Waals surface area contributed by atoms with Crippen molar-refractivity contribution in [2.24, 2.45) is 17.8 Å². The van der Waals surface area contributed by atoms with Crippen LogP contribution in [-0.4, -0.2) is 12.1 Å². The first-order valence-corrected chi connectivity index (χ1v) is 9.99. The molecule has 2 heteroatoms. The molecule has 138 valence electrons.